The minimum Gasteiger partial charge on any atom is -0.478 e. The van der Waals surface area contributed by atoms with Crippen molar-refractivity contribution in [2.45, 2.75) is 44.6 Å². The lowest BCUT2D eigenvalue weighted by Crippen LogP contribution is -2.42. The molecule has 2 aromatic carbocycles. The van der Waals surface area contributed by atoms with Crippen molar-refractivity contribution in [1.82, 2.24) is 9.47 Å². The van der Waals surface area contributed by atoms with Crippen LogP contribution in [0.15, 0.2) is 30.3 Å². The number of hydrogen-bond acceptors (Lipinski definition) is 4. The number of anilines is 1. The van der Waals surface area contributed by atoms with E-state index in [4.69, 9.17) is 4.74 Å². The minimum atomic E-state index is -0.967. The number of carboxylic acid groups (broad SMARTS) is 1. The van der Waals surface area contributed by atoms with E-state index >= 15 is 0 Å². The number of aromatic nitrogens is 1. The monoisotopic (exact) mass is 509 g/mol. The lowest BCUT2D eigenvalue weighted by Gasteiger charge is -2.31. The molecule has 1 saturated carbocycles. The van der Waals surface area contributed by atoms with Gasteiger partial charge in [-0.05, 0) is 42.5 Å². The van der Waals surface area contributed by atoms with Crippen LogP contribution in [0.3, 0.4) is 0 Å². The molecule has 196 valence electrons. The first-order valence-corrected chi connectivity index (χ1v) is 13.4. The first-order valence-electron chi connectivity index (χ1n) is 13.4. The van der Waals surface area contributed by atoms with Crippen molar-refractivity contribution in [1.29, 1.82) is 0 Å². The summed E-state index contributed by atoms with van der Waals surface area (Å²) in [6.45, 7) is 5.91. The summed E-state index contributed by atoms with van der Waals surface area (Å²) in [5, 5.41) is 10.7. The summed E-state index contributed by atoms with van der Waals surface area (Å²) < 4.78 is 37.2. The van der Waals surface area contributed by atoms with Crippen LogP contribution in [-0.2, 0) is 11.3 Å². The molecule has 1 saturated heterocycles. The Balaban J connectivity index is 1.51. The Morgan fingerprint density at radius 3 is 2.46 bits per heavy atom. The number of hydrogen-bond donors (Lipinski definition) is 1. The van der Waals surface area contributed by atoms with Crippen molar-refractivity contribution in [3.8, 4) is 11.3 Å². The van der Waals surface area contributed by atoms with E-state index in [1.165, 1.54) is 18.6 Å². The zero-order valence-electron chi connectivity index (χ0n) is 21.0. The number of nitrogens with zero attached hydrogens (tertiary/aromatic N) is 3. The van der Waals surface area contributed by atoms with Gasteiger partial charge in [-0.15, -0.1) is 0 Å². The molecule has 6 rings (SSSR count). The number of benzene rings is 2. The van der Waals surface area contributed by atoms with Gasteiger partial charge in [-0.2, -0.15) is 0 Å². The zero-order chi connectivity index (χ0) is 25.5. The number of aromatic carboxylic acids is 1. The van der Waals surface area contributed by atoms with Gasteiger partial charge in [-0.25, -0.2) is 13.6 Å². The predicted molar refractivity (Wildman–Crippen MR) is 140 cm³/mol. The van der Waals surface area contributed by atoms with Gasteiger partial charge in [0.1, 0.15) is 0 Å². The lowest BCUT2D eigenvalue weighted by molar-refractivity contribution is 0.0391. The molecular weight excluding hydrogens is 476 g/mol. The van der Waals surface area contributed by atoms with E-state index < -0.39 is 17.6 Å². The van der Waals surface area contributed by atoms with Gasteiger partial charge in [0.15, 0.2) is 11.6 Å². The Kier molecular flexibility index (Phi) is 6.63. The number of carboxylic acids is 1. The number of halogens is 2. The maximum absolute atomic E-state index is 14.8. The third kappa shape index (κ3) is 4.50. The molecule has 0 spiro atoms. The van der Waals surface area contributed by atoms with Gasteiger partial charge in [-0.3, -0.25) is 4.90 Å². The smallest absolute Gasteiger partial charge is 0.335 e. The van der Waals surface area contributed by atoms with Crippen LogP contribution in [0.25, 0.3) is 22.2 Å². The second-order valence-corrected chi connectivity index (χ2v) is 10.5. The van der Waals surface area contributed by atoms with Crippen molar-refractivity contribution < 1.29 is 23.4 Å². The van der Waals surface area contributed by atoms with Gasteiger partial charge in [-0.1, -0.05) is 25.3 Å². The van der Waals surface area contributed by atoms with E-state index in [1.807, 2.05) is 6.07 Å². The van der Waals surface area contributed by atoms with E-state index in [9.17, 15) is 18.7 Å². The summed E-state index contributed by atoms with van der Waals surface area (Å²) in [6.07, 6.45) is 5.58. The van der Waals surface area contributed by atoms with Crippen molar-refractivity contribution in [2.75, 3.05) is 50.8 Å². The molecule has 0 bridgehead atoms. The summed E-state index contributed by atoms with van der Waals surface area (Å²) >= 11 is 0. The van der Waals surface area contributed by atoms with E-state index in [-0.39, 0.29) is 5.56 Å². The van der Waals surface area contributed by atoms with Gasteiger partial charge >= 0.3 is 5.97 Å². The zero-order valence-corrected chi connectivity index (χ0v) is 21.0. The van der Waals surface area contributed by atoms with E-state index in [2.05, 4.69) is 14.4 Å². The summed E-state index contributed by atoms with van der Waals surface area (Å²) in [4.78, 5) is 16.3. The topological polar surface area (TPSA) is 57.9 Å². The number of carbonyl (C=O) groups is 1. The SMILES string of the molecule is O=C(O)c1ccc2c(C3CCCCC3)c3n(c2c1)CCN(CCN1CCOCC1)c1cc(F)c(F)cc1-3. The van der Waals surface area contributed by atoms with Crippen molar-refractivity contribution in [3.63, 3.8) is 0 Å². The minimum absolute atomic E-state index is 0.238. The van der Waals surface area contributed by atoms with E-state index in [0.29, 0.717) is 50.0 Å². The highest BCUT2D eigenvalue weighted by Gasteiger charge is 2.32. The van der Waals surface area contributed by atoms with Crippen LogP contribution in [0.5, 0.6) is 0 Å². The average molecular weight is 510 g/mol. The average Bonchev–Trinajstić information content (AvgIpc) is 3.16. The molecular formula is C29H33F2N3O3. The van der Waals surface area contributed by atoms with Crippen molar-refractivity contribution in [2.24, 2.45) is 0 Å². The first kappa shape index (κ1) is 24.4. The van der Waals surface area contributed by atoms with Crippen LogP contribution in [0.2, 0.25) is 0 Å². The number of fused-ring (bicyclic) bond motifs is 5. The molecule has 0 amide bonds. The second-order valence-electron chi connectivity index (χ2n) is 10.5. The molecule has 8 heteroatoms. The molecule has 0 atom stereocenters. The fraction of sp³-hybridized carbons (Fsp3) is 0.483. The van der Waals surface area contributed by atoms with Gasteiger partial charge in [0, 0.05) is 67.5 Å². The van der Waals surface area contributed by atoms with Crippen LogP contribution >= 0.6 is 0 Å². The molecule has 6 nitrogen and oxygen atoms in total. The molecule has 0 radical (unpaired) electrons. The molecule has 1 N–H and O–H groups in total. The van der Waals surface area contributed by atoms with Gasteiger partial charge in [0.25, 0.3) is 0 Å². The standard InChI is InChI=1S/C29H33F2N3O3/c30-23-17-22-25(18-24(23)31)33(9-8-32-12-14-37-15-13-32)10-11-34-26-16-20(29(35)36)6-7-21(26)27(28(22)34)19-4-2-1-3-5-19/h6-7,16-19H,1-5,8-15H2,(H,35,36). The lowest BCUT2D eigenvalue weighted by atomic mass is 9.81. The van der Waals surface area contributed by atoms with Crippen molar-refractivity contribution in [3.05, 3.63) is 53.1 Å². The van der Waals surface area contributed by atoms with Crippen LogP contribution in [-0.4, -0.2) is 66.5 Å². The third-order valence-corrected chi connectivity index (χ3v) is 8.38. The number of morpholine rings is 1. The Morgan fingerprint density at radius 2 is 1.70 bits per heavy atom. The molecule has 3 aliphatic rings. The van der Waals surface area contributed by atoms with Crippen LogP contribution in [0.4, 0.5) is 14.5 Å². The summed E-state index contributed by atoms with van der Waals surface area (Å²) in [5.74, 6) is -2.35. The van der Waals surface area contributed by atoms with Crippen LogP contribution in [0, 0.1) is 11.6 Å². The molecule has 1 aromatic heterocycles. The molecule has 3 aromatic rings. The third-order valence-electron chi connectivity index (χ3n) is 8.38. The maximum atomic E-state index is 14.8. The summed E-state index contributed by atoms with van der Waals surface area (Å²) in [7, 11) is 0. The molecule has 2 fully saturated rings. The van der Waals surface area contributed by atoms with E-state index in [1.54, 1.807) is 12.1 Å². The normalized spacial score (nSPS) is 19.0. The first-order chi connectivity index (χ1) is 18.0. The number of rotatable bonds is 5. The highest BCUT2D eigenvalue weighted by Crippen LogP contribution is 2.47. The second kappa shape index (κ2) is 10.1. The van der Waals surface area contributed by atoms with Gasteiger partial charge in [0.2, 0.25) is 0 Å². The predicted octanol–water partition coefficient (Wildman–Crippen LogP) is 5.48. The van der Waals surface area contributed by atoms with Gasteiger partial charge < -0.3 is 19.3 Å². The largest absolute Gasteiger partial charge is 0.478 e. The quantitative estimate of drug-likeness (QED) is 0.493. The molecule has 1 aliphatic carbocycles. The molecule has 3 heterocycles. The maximum Gasteiger partial charge on any atom is 0.335 e. The highest BCUT2D eigenvalue weighted by atomic mass is 19.2. The van der Waals surface area contributed by atoms with Crippen LogP contribution < -0.4 is 4.90 Å². The Bertz CT molecular complexity index is 1330. The summed E-state index contributed by atoms with van der Waals surface area (Å²) in [5.41, 5.74) is 4.60. The molecule has 37 heavy (non-hydrogen) atoms. The Hall–Kier alpha value is -2.97. The Morgan fingerprint density at radius 1 is 0.946 bits per heavy atom. The molecule has 2 aliphatic heterocycles. The number of ether oxygens (including phenoxy) is 1. The molecule has 0 unspecified atom stereocenters. The van der Waals surface area contributed by atoms with E-state index in [0.717, 1.165) is 67.5 Å². The highest BCUT2D eigenvalue weighted by molar-refractivity contribution is 5.99. The van der Waals surface area contributed by atoms with Crippen molar-refractivity contribution >= 4 is 22.6 Å². The summed E-state index contributed by atoms with van der Waals surface area (Å²) in [6, 6.07) is 8.03. The van der Waals surface area contributed by atoms with Gasteiger partial charge in [0.05, 0.1) is 24.5 Å². The fourth-order valence-corrected chi connectivity index (χ4v) is 6.48. The van der Waals surface area contributed by atoms with Crippen LogP contribution in [0.1, 0.15) is 53.9 Å². The fourth-order valence-electron chi connectivity index (χ4n) is 6.48. The Labute approximate surface area is 215 Å².